The molecule has 4 N–H and O–H groups in total. The van der Waals surface area contributed by atoms with Crippen molar-refractivity contribution in [3.8, 4) is 0 Å². The van der Waals surface area contributed by atoms with Crippen LogP contribution in [0.3, 0.4) is 0 Å². The first-order chi connectivity index (χ1) is 7.26. The summed E-state index contributed by atoms with van der Waals surface area (Å²) in [4.78, 5) is 11.2. The van der Waals surface area contributed by atoms with Gasteiger partial charge in [-0.3, -0.25) is 4.79 Å². The number of carbonyl (C=O) groups is 1. The Bertz CT molecular complexity index is 308. The number of carbonyl (C=O) groups excluding carboxylic acids is 1. The molecule has 0 aliphatic carbocycles. The van der Waals surface area contributed by atoms with Crippen LogP contribution in [0, 0.1) is 0 Å². The fourth-order valence-electron chi connectivity index (χ4n) is 1.29. The molecule has 1 aromatic rings. The zero-order valence-electron chi connectivity index (χ0n) is 8.92. The van der Waals surface area contributed by atoms with Crippen molar-refractivity contribution in [2.75, 3.05) is 25.5 Å². The van der Waals surface area contributed by atoms with Gasteiger partial charge in [-0.05, 0) is 37.7 Å². The Morgan fingerprint density at radius 2 is 2.00 bits per heavy atom. The number of benzene rings is 1. The molecule has 0 radical (unpaired) electrons. The zero-order chi connectivity index (χ0) is 11.1. The lowest BCUT2D eigenvalue weighted by molar-refractivity contribution is -0.115. The number of amides is 1. The van der Waals surface area contributed by atoms with E-state index in [9.17, 15) is 4.79 Å². The van der Waals surface area contributed by atoms with Crippen LogP contribution < -0.4 is 16.4 Å². The molecule has 0 aliphatic heterocycles. The lowest BCUT2D eigenvalue weighted by Crippen LogP contribution is -2.24. The highest BCUT2D eigenvalue weighted by molar-refractivity contribution is 5.92. The van der Waals surface area contributed by atoms with Gasteiger partial charge in [0.2, 0.25) is 5.91 Å². The van der Waals surface area contributed by atoms with E-state index < -0.39 is 0 Å². The molecular formula is C11H17N3O. The number of nitrogens with one attached hydrogen (secondary N) is 2. The van der Waals surface area contributed by atoms with Gasteiger partial charge in [0.05, 0.1) is 6.54 Å². The molecule has 1 amide bonds. The zero-order valence-corrected chi connectivity index (χ0v) is 8.92. The molecule has 0 unspecified atom stereocenters. The van der Waals surface area contributed by atoms with Crippen molar-refractivity contribution in [2.24, 2.45) is 5.73 Å². The quantitative estimate of drug-likeness (QED) is 0.652. The van der Waals surface area contributed by atoms with Crippen molar-refractivity contribution in [1.29, 1.82) is 0 Å². The smallest absolute Gasteiger partial charge is 0.238 e. The van der Waals surface area contributed by atoms with Gasteiger partial charge in [0.15, 0.2) is 0 Å². The van der Waals surface area contributed by atoms with Crippen molar-refractivity contribution < 1.29 is 4.79 Å². The van der Waals surface area contributed by atoms with Gasteiger partial charge in [-0.1, -0.05) is 12.1 Å². The summed E-state index contributed by atoms with van der Waals surface area (Å²) in [5.41, 5.74) is 7.44. The van der Waals surface area contributed by atoms with Gasteiger partial charge in [0.25, 0.3) is 0 Å². The van der Waals surface area contributed by atoms with Crippen molar-refractivity contribution in [3.05, 3.63) is 29.8 Å². The highest BCUT2D eigenvalue weighted by Gasteiger charge is 1.99. The maximum Gasteiger partial charge on any atom is 0.238 e. The van der Waals surface area contributed by atoms with Crippen LogP contribution in [-0.4, -0.2) is 26.0 Å². The van der Waals surface area contributed by atoms with Crippen LogP contribution in [0.2, 0.25) is 0 Å². The molecule has 0 saturated carbocycles. The molecule has 0 aliphatic rings. The number of rotatable bonds is 5. The summed E-state index contributed by atoms with van der Waals surface area (Å²) >= 11 is 0. The normalized spacial score (nSPS) is 10.0. The van der Waals surface area contributed by atoms with E-state index in [1.165, 1.54) is 5.56 Å². The predicted octanol–water partition coefficient (Wildman–Crippen LogP) is 0.346. The third-order valence-electron chi connectivity index (χ3n) is 2.01. The highest BCUT2D eigenvalue weighted by atomic mass is 16.1. The van der Waals surface area contributed by atoms with Gasteiger partial charge in [-0.25, -0.2) is 0 Å². The molecule has 0 heterocycles. The molecule has 0 atom stereocenters. The summed E-state index contributed by atoms with van der Waals surface area (Å²) < 4.78 is 0. The molecule has 0 aromatic heterocycles. The minimum Gasteiger partial charge on any atom is -0.330 e. The molecule has 4 heteroatoms. The van der Waals surface area contributed by atoms with Crippen molar-refractivity contribution in [3.63, 3.8) is 0 Å². The number of hydrogen-bond donors (Lipinski definition) is 3. The third kappa shape index (κ3) is 4.10. The molecular weight excluding hydrogens is 190 g/mol. The van der Waals surface area contributed by atoms with Gasteiger partial charge >= 0.3 is 0 Å². The number of likely N-dealkylation sites (N-methyl/N-ethyl adjacent to an activating group) is 1. The fourth-order valence-corrected chi connectivity index (χ4v) is 1.29. The summed E-state index contributed by atoms with van der Waals surface area (Å²) in [6, 6.07) is 7.72. The number of hydrogen-bond acceptors (Lipinski definition) is 3. The minimum atomic E-state index is -0.0379. The third-order valence-corrected chi connectivity index (χ3v) is 2.01. The molecule has 1 aromatic carbocycles. The molecule has 4 nitrogen and oxygen atoms in total. The average molecular weight is 207 g/mol. The summed E-state index contributed by atoms with van der Waals surface area (Å²) in [5.74, 6) is -0.0379. The van der Waals surface area contributed by atoms with E-state index in [1.54, 1.807) is 7.05 Å². The van der Waals surface area contributed by atoms with Crippen LogP contribution in [0.5, 0.6) is 0 Å². The summed E-state index contributed by atoms with van der Waals surface area (Å²) in [7, 11) is 1.74. The standard InChI is InChI=1S/C11H17N3O/c1-13-8-11(15)14-10-4-2-9(3-5-10)6-7-12/h2-5,13H,6-8,12H2,1H3,(H,14,15). The molecule has 0 fully saturated rings. The summed E-state index contributed by atoms with van der Waals surface area (Å²) in [6.45, 7) is 0.968. The molecule has 0 bridgehead atoms. The maximum atomic E-state index is 11.2. The van der Waals surface area contributed by atoms with Gasteiger partial charge in [-0.15, -0.1) is 0 Å². The second kappa shape index (κ2) is 6.16. The highest BCUT2D eigenvalue weighted by Crippen LogP contribution is 2.09. The van der Waals surface area contributed by atoms with Crippen LogP contribution in [0.4, 0.5) is 5.69 Å². The van der Waals surface area contributed by atoms with E-state index in [-0.39, 0.29) is 5.91 Å². The van der Waals surface area contributed by atoms with E-state index in [2.05, 4.69) is 10.6 Å². The SMILES string of the molecule is CNCC(=O)Nc1ccc(CCN)cc1. The molecule has 82 valence electrons. The molecule has 0 spiro atoms. The van der Waals surface area contributed by atoms with Crippen LogP contribution in [0.1, 0.15) is 5.56 Å². The van der Waals surface area contributed by atoms with Crippen LogP contribution >= 0.6 is 0 Å². The first kappa shape index (κ1) is 11.7. The average Bonchev–Trinajstić information content (AvgIpc) is 2.22. The van der Waals surface area contributed by atoms with E-state index in [0.717, 1.165) is 12.1 Å². The van der Waals surface area contributed by atoms with E-state index in [4.69, 9.17) is 5.73 Å². The monoisotopic (exact) mass is 207 g/mol. The Balaban J connectivity index is 2.52. The first-order valence-electron chi connectivity index (χ1n) is 4.99. The lowest BCUT2D eigenvalue weighted by atomic mass is 10.1. The van der Waals surface area contributed by atoms with Crippen molar-refractivity contribution in [2.45, 2.75) is 6.42 Å². The molecule has 1 rings (SSSR count). The van der Waals surface area contributed by atoms with Gasteiger partial charge in [-0.2, -0.15) is 0 Å². The van der Waals surface area contributed by atoms with Gasteiger partial charge in [0, 0.05) is 5.69 Å². The Labute approximate surface area is 89.9 Å². The van der Waals surface area contributed by atoms with Gasteiger partial charge in [0.1, 0.15) is 0 Å². The number of anilines is 1. The second-order valence-corrected chi connectivity index (χ2v) is 3.31. The molecule has 15 heavy (non-hydrogen) atoms. The van der Waals surface area contributed by atoms with E-state index in [0.29, 0.717) is 13.1 Å². The van der Waals surface area contributed by atoms with Crippen LogP contribution in [0.25, 0.3) is 0 Å². The van der Waals surface area contributed by atoms with Crippen molar-refractivity contribution >= 4 is 11.6 Å². The van der Waals surface area contributed by atoms with Gasteiger partial charge < -0.3 is 16.4 Å². The lowest BCUT2D eigenvalue weighted by Gasteiger charge is -2.05. The first-order valence-corrected chi connectivity index (χ1v) is 4.99. The summed E-state index contributed by atoms with van der Waals surface area (Å²) in [5, 5.41) is 5.57. The Kier molecular flexibility index (Phi) is 4.80. The van der Waals surface area contributed by atoms with E-state index in [1.807, 2.05) is 24.3 Å². The van der Waals surface area contributed by atoms with Crippen LogP contribution in [-0.2, 0) is 11.2 Å². The Morgan fingerprint density at radius 1 is 1.33 bits per heavy atom. The van der Waals surface area contributed by atoms with E-state index >= 15 is 0 Å². The largest absolute Gasteiger partial charge is 0.330 e. The second-order valence-electron chi connectivity index (χ2n) is 3.31. The van der Waals surface area contributed by atoms with Crippen molar-refractivity contribution in [1.82, 2.24) is 5.32 Å². The Morgan fingerprint density at radius 3 is 2.53 bits per heavy atom. The Hall–Kier alpha value is -1.39. The van der Waals surface area contributed by atoms with Crippen LogP contribution in [0.15, 0.2) is 24.3 Å². The number of nitrogens with two attached hydrogens (primary N) is 1. The predicted molar refractivity (Wildman–Crippen MR) is 61.8 cm³/mol. The fraction of sp³-hybridized carbons (Fsp3) is 0.364. The topological polar surface area (TPSA) is 67.2 Å². The molecule has 0 saturated heterocycles. The summed E-state index contributed by atoms with van der Waals surface area (Å²) in [6.07, 6.45) is 0.866. The maximum absolute atomic E-state index is 11.2. The minimum absolute atomic E-state index is 0.0379.